The van der Waals surface area contributed by atoms with Gasteiger partial charge in [-0.3, -0.25) is 4.79 Å². The highest BCUT2D eigenvalue weighted by atomic mass is 127. The Morgan fingerprint density at radius 3 is 2.47 bits per heavy atom. The first-order chi connectivity index (χ1) is 15.7. The molecule has 0 aliphatic heterocycles. The first-order valence-corrected chi connectivity index (χ1v) is 11.3. The maximum atomic E-state index is 12.8. The van der Waals surface area contributed by atoms with Crippen LogP contribution >= 0.6 is 0 Å². The van der Waals surface area contributed by atoms with Crippen LogP contribution in [0.25, 0.3) is 22.3 Å². The van der Waals surface area contributed by atoms with Crippen LogP contribution in [0.3, 0.4) is 0 Å². The number of aromatic hydroxyl groups is 1. The van der Waals surface area contributed by atoms with Gasteiger partial charge in [0.15, 0.2) is 16.9 Å². The van der Waals surface area contributed by atoms with E-state index < -0.39 is 0 Å². The van der Waals surface area contributed by atoms with Crippen molar-refractivity contribution in [1.82, 2.24) is 0 Å². The number of fused-ring (bicyclic) bond motifs is 1. The molecule has 0 atom stereocenters. The summed E-state index contributed by atoms with van der Waals surface area (Å²) in [6.07, 6.45) is 4.54. The first kappa shape index (κ1) is 26.2. The Morgan fingerprint density at radius 2 is 1.79 bits per heavy atom. The number of hydrogen-bond donors (Lipinski definition) is 1. The third-order valence-electron chi connectivity index (χ3n) is 5.86. The summed E-state index contributed by atoms with van der Waals surface area (Å²) in [5.74, 6) is 1.94. The number of methoxy groups -OCH3 is 1. The molecule has 2 aromatic carbocycles. The molecule has 0 amide bonds. The van der Waals surface area contributed by atoms with E-state index in [0.717, 1.165) is 36.7 Å². The molecule has 1 aliphatic rings. The van der Waals surface area contributed by atoms with Gasteiger partial charge in [0.25, 0.3) is 0 Å². The molecule has 1 N–H and O–H groups in total. The maximum absolute atomic E-state index is 12.8. The van der Waals surface area contributed by atoms with Gasteiger partial charge in [0.1, 0.15) is 41.4 Å². The molecule has 4 rings (SSSR count). The fraction of sp³-hybridized carbons (Fsp3) is 0.423. The second-order valence-electron chi connectivity index (χ2n) is 9.54. The van der Waals surface area contributed by atoms with Gasteiger partial charge in [-0.1, -0.05) is 0 Å². The Hall–Kier alpha value is -2.46. The maximum Gasteiger partial charge on any atom is 0.197 e. The van der Waals surface area contributed by atoms with Gasteiger partial charge in [0.2, 0.25) is 0 Å². The molecule has 0 unspecified atom stereocenters. The molecule has 1 fully saturated rings. The van der Waals surface area contributed by atoms with E-state index in [1.54, 1.807) is 13.2 Å². The average molecular weight is 581 g/mol. The van der Waals surface area contributed by atoms with Crippen molar-refractivity contribution in [2.75, 3.05) is 41.4 Å². The van der Waals surface area contributed by atoms with Gasteiger partial charge in [-0.25, -0.2) is 0 Å². The summed E-state index contributed by atoms with van der Waals surface area (Å²) in [4.78, 5) is 12.8. The molecule has 184 valence electrons. The standard InChI is InChI=1S/C26H31NO6.HI/c1-27(2,3)11-12-31-19-14-20(28)26-21(29)16-23(33-25(26)15-19)17-9-10-22(30-4)24(13-17)32-18-7-5-6-8-18;/h9-10,13-16,18H,5-8,11-12H2,1-4H3;1H. The van der Waals surface area contributed by atoms with Crippen molar-refractivity contribution in [3.05, 3.63) is 46.6 Å². The number of rotatable bonds is 8. The zero-order valence-corrected chi connectivity index (χ0v) is 22.3. The van der Waals surface area contributed by atoms with Gasteiger partial charge >= 0.3 is 0 Å². The number of quaternary nitrogens is 1. The van der Waals surface area contributed by atoms with Gasteiger partial charge < -0.3 is 52.2 Å². The van der Waals surface area contributed by atoms with E-state index >= 15 is 0 Å². The van der Waals surface area contributed by atoms with Crippen molar-refractivity contribution >= 4 is 11.0 Å². The predicted molar refractivity (Wildman–Crippen MR) is 127 cm³/mol. The summed E-state index contributed by atoms with van der Waals surface area (Å²) < 4.78 is 24.3. The highest BCUT2D eigenvalue weighted by Crippen LogP contribution is 2.37. The number of benzene rings is 2. The van der Waals surface area contributed by atoms with Crippen LogP contribution in [-0.2, 0) is 0 Å². The van der Waals surface area contributed by atoms with Gasteiger partial charge in [0, 0.05) is 23.8 Å². The van der Waals surface area contributed by atoms with Crippen molar-refractivity contribution in [3.8, 4) is 34.3 Å². The molecule has 1 heterocycles. The summed E-state index contributed by atoms with van der Waals surface area (Å²) in [6, 6.07) is 9.96. The Labute approximate surface area is 216 Å². The summed E-state index contributed by atoms with van der Waals surface area (Å²) in [5, 5.41) is 10.6. The fourth-order valence-electron chi connectivity index (χ4n) is 4.01. The quantitative estimate of drug-likeness (QED) is 0.322. The van der Waals surface area contributed by atoms with Crippen molar-refractivity contribution in [1.29, 1.82) is 0 Å². The summed E-state index contributed by atoms with van der Waals surface area (Å²) in [5.41, 5.74) is 0.640. The third kappa shape index (κ3) is 6.15. The number of phenolic OH excluding ortho intramolecular Hbond substituents is 1. The summed E-state index contributed by atoms with van der Waals surface area (Å²) in [6.45, 7) is 1.26. The molecular weight excluding hydrogens is 549 g/mol. The number of halogens is 1. The minimum atomic E-state index is -0.323. The van der Waals surface area contributed by atoms with Crippen LogP contribution < -0.4 is 43.6 Å². The topological polar surface area (TPSA) is 78.1 Å². The average Bonchev–Trinajstić information content (AvgIpc) is 3.25. The second-order valence-corrected chi connectivity index (χ2v) is 9.54. The molecule has 0 bridgehead atoms. The molecular formula is C26H32INO6. The van der Waals surface area contributed by atoms with Crippen molar-refractivity contribution in [2.24, 2.45) is 0 Å². The van der Waals surface area contributed by atoms with E-state index in [0.29, 0.717) is 35.2 Å². The number of likely N-dealkylation sites (N-methyl/N-ethyl adjacent to an activating group) is 1. The van der Waals surface area contributed by atoms with Crippen molar-refractivity contribution in [3.63, 3.8) is 0 Å². The Balaban J connectivity index is 0.00000324. The van der Waals surface area contributed by atoms with E-state index in [1.807, 2.05) is 18.2 Å². The first-order valence-electron chi connectivity index (χ1n) is 11.3. The normalized spacial score (nSPS) is 14.1. The summed E-state index contributed by atoms with van der Waals surface area (Å²) >= 11 is 0. The van der Waals surface area contributed by atoms with Crippen molar-refractivity contribution < 1.29 is 52.2 Å². The minimum absolute atomic E-state index is 0. The van der Waals surface area contributed by atoms with Crippen molar-refractivity contribution in [2.45, 2.75) is 31.8 Å². The third-order valence-corrected chi connectivity index (χ3v) is 5.86. The number of phenols is 1. The van der Waals surface area contributed by atoms with Crippen LogP contribution in [0.1, 0.15) is 25.7 Å². The monoisotopic (exact) mass is 581 g/mol. The van der Waals surface area contributed by atoms with Crippen LogP contribution in [0.4, 0.5) is 0 Å². The number of ether oxygens (including phenoxy) is 3. The molecule has 3 aromatic rings. The zero-order chi connectivity index (χ0) is 23.6. The molecule has 1 aliphatic carbocycles. The van der Waals surface area contributed by atoms with Gasteiger partial charge in [-0.15, -0.1) is 0 Å². The molecule has 0 saturated heterocycles. The molecule has 0 spiro atoms. The molecule has 1 aromatic heterocycles. The highest BCUT2D eigenvalue weighted by molar-refractivity contribution is 5.86. The lowest BCUT2D eigenvalue weighted by molar-refractivity contribution is -0.870. The van der Waals surface area contributed by atoms with E-state index in [4.69, 9.17) is 18.6 Å². The minimum Gasteiger partial charge on any atom is -1.00 e. The lowest BCUT2D eigenvalue weighted by atomic mass is 10.1. The Morgan fingerprint density at radius 1 is 1.06 bits per heavy atom. The van der Waals surface area contributed by atoms with Crippen LogP contribution in [0.2, 0.25) is 0 Å². The van der Waals surface area contributed by atoms with E-state index in [2.05, 4.69) is 21.1 Å². The van der Waals surface area contributed by atoms with Gasteiger partial charge in [-0.2, -0.15) is 0 Å². The van der Waals surface area contributed by atoms with Crippen LogP contribution in [-0.4, -0.2) is 57.1 Å². The summed E-state index contributed by atoms with van der Waals surface area (Å²) in [7, 11) is 7.83. The fourth-order valence-corrected chi connectivity index (χ4v) is 4.01. The van der Waals surface area contributed by atoms with Crippen LogP contribution in [0, 0.1) is 0 Å². The molecule has 7 nitrogen and oxygen atoms in total. The van der Waals surface area contributed by atoms with Crippen LogP contribution in [0.15, 0.2) is 45.6 Å². The zero-order valence-electron chi connectivity index (χ0n) is 20.1. The second kappa shape index (κ2) is 10.9. The molecule has 0 radical (unpaired) electrons. The molecule has 34 heavy (non-hydrogen) atoms. The van der Waals surface area contributed by atoms with Gasteiger partial charge in [0.05, 0.1) is 34.4 Å². The lowest BCUT2D eigenvalue weighted by Crippen LogP contribution is -3.00. The highest BCUT2D eigenvalue weighted by Gasteiger charge is 2.20. The van der Waals surface area contributed by atoms with E-state index in [1.165, 1.54) is 12.1 Å². The lowest BCUT2D eigenvalue weighted by Gasteiger charge is -2.23. The largest absolute Gasteiger partial charge is 1.00 e. The predicted octanol–water partition coefficient (Wildman–Crippen LogP) is 1.58. The molecule has 8 heteroatoms. The van der Waals surface area contributed by atoms with Gasteiger partial charge in [-0.05, 0) is 43.9 Å². The smallest absolute Gasteiger partial charge is 0.197 e. The molecule has 1 saturated carbocycles. The Kier molecular flexibility index (Phi) is 8.35. The van der Waals surface area contributed by atoms with Crippen LogP contribution in [0.5, 0.6) is 23.0 Å². The van der Waals surface area contributed by atoms with E-state index in [-0.39, 0.29) is 52.2 Å². The number of hydrogen-bond acceptors (Lipinski definition) is 6. The SMILES string of the molecule is COc1ccc(-c2cc(=O)c3c(O)cc(OCC[N+](C)(C)C)cc3o2)cc1OC1CCCC1.[I-]. The number of nitrogens with zero attached hydrogens (tertiary/aromatic N) is 1. The van der Waals surface area contributed by atoms with E-state index in [9.17, 15) is 9.90 Å². The Bertz CT molecular complexity index is 1190.